The van der Waals surface area contributed by atoms with Crippen molar-refractivity contribution in [3.8, 4) is 6.07 Å². The number of hydrogen-bond acceptors (Lipinski definition) is 5. The van der Waals surface area contributed by atoms with Gasteiger partial charge in [-0.3, -0.25) is 4.79 Å². The lowest BCUT2D eigenvalue weighted by molar-refractivity contribution is -0.150. The Bertz CT molecular complexity index is 889. The number of allylic oxidation sites excluding steroid dienone is 1. The summed E-state index contributed by atoms with van der Waals surface area (Å²) in [5.74, 6) is -1.17. The molecule has 1 atom stereocenters. The van der Waals surface area contributed by atoms with Crippen LogP contribution < -0.4 is 5.32 Å². The Morgan fingerprint density at radius 1 is 1.35 bits per heavy atom. The molecule has 0 bridgehead atoms. The average Bonchev–Trinajstić information content (AvgIpc) is 3.03. The second kappa shape index (κ2) is 12.1. The zero-order valence-electron chi connectivity index (χ0n) is 19.0. The Balaban J connectivity index is 1.95. The maximum atomic E-state index is 12.5. The summed E-state index contributed by atoms with van der Waals surface area (Å²) in [5, 5.41) is 12.3. The third kappa shape index (κ3) is 7.11. The number of methoxy groups -OCH3 is 1. The summed E-state index contributed by atoms with van der Waals surface area (Å²) in [5.41, 5.74) is 3.93. The molecule has 0 saturated carbocycles. The van der Waals surface area contributed by atoms with Gasteiger partial charge in [-0.25, -0.2) is 4.79 Å². The predicted octanol–water partition coefficient (Wildman–Crippen LogP) is 3.60. The van der Waals surface area contributed by atoms with Crippen LogP contribution in [0.3, 0.4) is 0 Å². The Labute approximate surface area is 184 Å². The van der Waals surface area contributed by atoms with Crippen molar-refractivity contribution in [2.75, 3.05) is 20.3 Å². The van der Waals surface area contributed by atoms with Gasteiger partial charge in [-0.15, -0.1) is 0 Å². The monoisotopic (exact) mass is 427 g/mol. The molecule has 31 heavy (non-hydrogen) atoms. The van der Waals surface area contributed by atoms with Crippen molar-refractivity contribution >= 4 is 18.0 Å². The molecule has 168 valence electrons. The Kier molecular flexibility index (Phi) is 9.54. The van der Waals surface area contributed by atoms with E-state index in [2.05, 4.69) is 16.0 Å². The van der Waals surface area contributed by atoms with Crippen LogP contribution in [0.25, 0.3) is 6.08 Å². The molecule has 1 heterocycles. The lowest BCUT2D eigenvalue weighted by Crippen LogP contribution is -2.36. The molecule has 0 aromatic carbocycles. The topological polar surface area (TPSA) is 93.3 Å². The Hall–Kier alpha value is -2.85. The standard InChI is InChI=1S/C24H33N3O4/c1-17-14-21(18(2)27(17)12-13-30-4)15-22(16-25)24(29)31-19(3)23(28)26-11-10-20-8-6-5-7-9-20/h8,14-15,19H,5-7,9-13H2,1-4H3,(H,26,28)/b22-15+/t19-/m1/s1. The van der Waals surface area contributed by atoms with Crippen LogP contribution in [-0.2, 0) is 25.6 Å². The molecular formula is C24H33N3O4. The molecule has 1 amide bonds. The summed E-state index contributed by atoms with van der Waals surface area (Å²) in [6.45, 7) is 7.16. The van der Waals surface area contributed by atoms with Crippen LogP contribution in [0.4, 0.5) is 0 Å². The fraction of sp³-hybridized carbons (Fsp3) is 0.542. The van der Waals surface area contributed by atoms with E-state index in [1.165, 1.54) is 31.4 Å². The van der Waals surface area contributed by atoms with Gasteiger partial charge < -0.3 is 19.4 Å². The van der Waals surface area contributed by atoms with Gasteiger partial charge in [0, 0.05) is 31.6 Å². The Morgan fingerprint density at radius 2 is 2.13 bits per heavy atom. The van der Waals surface area contributed by atoms with E-state index >= 15 is 0 Å². The zero-order valence-corrected chi connectivity index (χ0v) is 19.0. The van der Waals surface area contributed by atoms with Crippen molar-refractivity contribution < 1.29 is 19.1 Å². The van der Waals surface area contributed by atoms with Gasteiger partial charge in [0.15, 0.2) is 6.10 Å². The van der Waals surface area contributed by atoms with E-state index in [4.69, 9.17) is 9.47 Å². The summed E-state index contributed by atoms with van der Waals surface area (Å²) >= 11 is 0. The molecule has 1 aliphatic rings. The van der Waals surface area contributed by atoms with Crippen LogP contribution in [-0.4, -0.2) is 42.8 Å². The molecule has 0 saturated heterocycles. The van der Waals surface area contributed by atoms with E-state index in [-0.39, 0.29) is 11.5 Å². The van der Waals surface area contributed by atoms with Crippen LogP contribution in [0.2, 0.25) is 0 Å². The molecule has 0 radical (unpaired) electrons. The highest BCUT2D eigenvalue weighted by molar-refractivity contribution is 5.99. The number of aromatic nitrogens is 1. The molecule has 1 aliphatic carbocycles. The zero-order chi connectivity index (χ0) is 22.8. The smallest absolute Gasteiger partial charge is 0.349 e. The molecule has 0 aliphatic heterocycles. The van der Waals surface area contributed by atoms with Gasteiger partial charge in [0.1, 0.15) is 11.6 Å². The summed E-state index contributed by atoms with van der Waals surface area (Å²) in [4.78, 5) is 24.7. The first kappa shape index (κ1) is 24.4. The molecule has 7 nitrogen and oxygen atoms in total. The molecule has 0 unspecified atom stereocenters. The number of nitrogens with one attached hydrogen (secondary N) is 1. The quantitative estimate of drug-likeness (QED) is 0.267. The van der Waals surface area contributed by atoms with Gasteiger partial charge in [-0.2, -0.15) is 5.26 Å². The van der Waals surface area contributed by atoms with Crippen molar-refractivity contribution in [2.45, 2.75) is 65.5 Å². The van der Waals surface area contributed by atoms with Crippen LogP contribution in [0.15, 0.2) is 23.3 Å². The highest BCUT2D eigenvalue weighted by Crippen LogP contribution is 2.20. The number of carbonyl (C=O) groups excluding carboxylic acids is 2. The fourth-order valence-corrected chi connectivity index (χ4v) is 3.69. The van der Waals surface area contributed by atoms with Crippen molar-refractivity contribution in [1.29, 1.82) is 5.26 Å². The molecule has 1 aromatic heterocycles. The van der Waals surface area contributed by atoms with Gasteiger partial charge in [0.2, 0.25) is 0 Å². The van der Waals surface area contributed by atoms with E-state index in [0.717, 1.165) is 36.2 Å². The van der Waals surface area contributed by atoms with Crippen LogP contribution in [0.5, 0.6) is 0 Å². The van der Waals surface area contributed by atoms with Gasteiger partial charge in [0.25, 0.3) is 5.91 Å². The second-order valence-corrected chi connectivity index (χ2v) is 7.84. The van der Waals surface area contributed by atoms with E-state index < -0.39 is 12.1 Å². The minimum atomic E-state index is -0.973. The number of nitriles is 1. The first-order chi connectivity index (χ1) is 14.9. The summed E-state index contributed by atoms with van der Waals surface area (Å²) < 4.78 is 12.4. The van der Waals surface area contributed by atoms with Crippen LogP contribution in [0, 0.1) is 25.2 Å². The number of ether oxygens (including phenoxy) is 2. The lowest BCUT2D eigenvalue weighted by atomic mass is 9.97. The van der Waals surface area contributed by atoms with E-state index in [0.29, 0.717) is 19.7 Å². The van der Waals surface area contributed by atoms with Crippen molar-refractivity contribution in [3.63, 3.8) is 0 Å². The molecule has 1 N–H and O–H groups in total. The molecule has 1 aromatic rings. The minimum Gasteiger partial charge on any atom is -0.448 e. The number of esters is 1. The van der Waals surface area contributed by atoms with Crippen LogP contribution >= 0.6 is 0 Å². The normalized spacial score (nSPS) is 15.1. The van der Waals surface area contributed by atoms with Gasteiger partial charge in [0.05, 0.1) is 6.61 Å². The number of aryl methyl sites for hydroxylation is 1. The largest absolute Gasteiger partial charge is 0.448 e. The van der Waals surface area contributed by atoms with Crippen molar-refractivity contribution in [2.24, 2.45) is 0 Å². The van der Waals surface area contributed by atoms with Gasteiger partial charge in [-0.1, -0.05) is 11.6 Å². The van der Waals surface area contributed by atoms with Gasteiger partial charge >= 0.3 is 5.97 Å². The summed E-state index contributed by atoms with van der Waals surface area (Å²) in [6, 6.07) is 3.80. The van der Waals surface area contributed by atoms with Crippen LogP contribution in [0.1, 0.15) is 56.0 Å². The predicted molar refractivity (Wildman–Crippen MR) is 119 cm³/mol. The SMILES string of the molecule is COCCn1c(C)cc(/C=C(\C#N)C(=O)O[C@H](C)C(=O)NCCC2=CCCCC2)c1C. The van der Waals surface area contributed by atoms with Gasteiger partial charge in [-0.05, 0) is 70.6 Å². The Morgan fingerprint density at radius 3 is 2.77 bits per heavy atom. The lowest BCUT2D eigenvalue weighted by Gasteiger charge is -2.15. The number of amides is 1. The first-order valence-electron chi connectivity index (χ1n) is 10.8. The third-order valence-corrected chi connectivity index (χ3v) is 5.56. The third-order valence-electron chi connectivity index (χ3n) is 5.56. The number of nitrogens with zero attached hydrogens (tertiary/aromatic N) is 2. The highest BCUT2D eigenvalue weighted by Gasteiger charge is 2.21. The summed E-state index contributed by atoms with van der Waals surface area (Å²) in [6.07, 6.45) is 8.22. The fourth-order valence-electron chi connectivity index (χ4n) is 3.69. The second-order valence-electron chi connectivity index (χ2n) is 7.84. The molecule has 0 fully saturated rings. The van der Waals surface area contributed by atoms with E-state index in [1.807, 2.05) is 26.0 Å². The van der Waals surface area contributed by atoms with E-state index in [1.54, 1.807) is 7.11 Å². The number of rotatable bonds is 10. The maximum Gasteiger partial charge on any atom is 0.349 e. The van der Waals surface area contributed by atoms with E-state index in [9.17, 15) is 14.9 Å². The van der Waals surface area contributed by atoms with Crippen molar-refractivity contribution in [3.05, 3.63) is 40.2 Å². The molecule has 7 heteroatoms. The highest BCUT2D eigenvalue weighted by atomic mass is 16.5. The van der Waals surface area contributed by atoms with Crippen molar-refractivity contribution in [1.82, 2.24) is 9.88 Å². The molecule has 2 rings (SSSR count). The average molecular weight is 428 g/mol. The first-order valence-corrected chi connectivity index (χ1v) is 10.8. The summed E-state index contributed by atoms with van der Waals surface area (Å²) in [7, 11) is 1.64. The number of hydrogen-bond donors (Lipinski definition) is 1. The molecular weight excluding hydrogens is 394 g/mol. The molecule has 0 spiro atoms. The number of carbonyl (C=O) groups is 2. The maximum absolute atomic E-state index is 12.5. The minimum absolute atomic E-state index is 0.140.